The first-order valence-corrected chi connectivity index (χ1v) is 14.6. The zero-order chi connectivity index (χ0) is 28.2. The van der Waals surface area contributed by atoms with Crippen molar-refractivity contribution in [1.29, 1.82) is 0 Å². The fourth-order valence-corrected chi connectivity index (χ4v) is 5.62. The Bertz CT molecular complexity index is 756. The molecule has 0 spiro atoms. The minimum Gasteiger partial charge on any atom is -0.393 e. The van der Waals surface area contributed by atoms with Crippen molar-refractivity contribution in [2.45, 2.75) is 129 Å². The zero-order valence-electron chi connectivity index (χ0n) is 25.0. The number of hydrogen-bond acceptors (Lipinski definition) is 10. The maximum absolute atomic E-state index is 10.2. The second-order valence-electron chi connectivity index (χ2n) is 12.1. The van der Waals surface area contributed by atoms with Crippen LogP contribution in [0.1, 0.15) is 99.3 Å². The summed E-state index contributed by atoms with van der Waals surface area (Å²) in [5, 5.41) is 30.8. The van der Waals surface area contributed by atoms with Gasteiger partial charge < -0.3 is 35.8 Å². The summed E-state index contributed by atoms with van der Waals surface area (Å²) < 4.78 is 5.37. The lowest BCUT2D eigenvalue weighted by molar-refractivity contribution is 0.154. The van der Waals surface area contributed by atoms with E-state index in [1.165, 1.54) is 0 Å². The Balaban J connectivity index is 2.32. The van der Waals surface area contributed by atoms with Gasteiger partial charge in [0.15, 0.2) is 0 Å². The van der Waals surface area contributed by atoms with E-state index in [4.69, 9.17) is 14.7 Å². The van der Waals surface area contributed by atoms with Crippen molar-refractivity contribution >= 4 is 17.8 Å². The maximum Gasteiger partial charge on any atom is 0.232 e. The van der Waals surface area contributed by atoms with Crippen LogP contribution in [-0.4, -0.2) is 87.8 Å². The van der Waals surface area contributed by atoms with Gasteiger partial charge in [-0.15, -0.1) is 0 Å². The van der Waals surface area contributed by atoms with E-state index in [0.717, 1.165) is 51.5 Å². The van der Waals surface area contributed by atoms with Crippen molar-refractivity contribution in [2.24, 2.45) is 0 Å². The highest BCUT2D eigenvalue weighted by molar-refractivity contribution is 5.45. The number of aliphatic hydroxyl groups is 2. The molecule has 2 heterocycles. The number of rotatable bonds is 18. The van der Waals surface area contributed by atoms with Gasteiger partial charge in [0.2, 0.25) is 17.8 Å². The fraction of sp³-hybridized carbons (Fsp3) is 0.893. The number of aliphatic hydroxyl groups excluding tert-OH is 2. The summed E-state index contributed by atoms with van der Waals surface area (Å²) >= 11 is 0. The largest absolute Gasteiger partial charge is 0.393 e. The molecule has 1 aliphatic rings. The van der Waals surface area contributed by atoms with Crippen molar-refractivity contribution in [1.82, 2.24) is 20.3 Å². The molecule has 0 aliphatic carbocycles. The highest BCUT2D eigenvalue weighted by atomic mass is 16.5. The lowest BCUT2D eigenvalue weighted by Crippen LogP contribution is -2.62. The SMILES string of the molecule is CCCC(O)CCNc1nc(NCCC(O)CCC)nc(N(CCCOC)C2CC(C)(C)NC(C)(C)C2)n1. The first-order valence-electron chi connectivity index (χ1n) is 14.6. The van der Waals surface area contributed by atoms with Gasteiger partial charge in [0.1, 0.15) is 0 Å². The number of nitrogens with zero attached hydrogens (tertiary/aromatic N) is 4. The van der Waals surface area contributed by atoms with Crippen LogP contribution in [0.15, 0.2) is 0 Å². The zero-order valence-corrected chi connectivity index (χ0v) is 25.0. The van der Waals surface area contributed by atoms with E-state index in [1.54, 1.807) is 7.11 Å². The summed E-state index contributed by atoms with van der Waals surface area (Å²) in [5.74, 6) is 1.64. The average molecular weight is 538 g/mol. The van der Waals surface area contributed by atoms with E-state index in [9.17, 15) is 10.2 Å². The molecule has 0 radical (unpaired) electrons. The Kier molecular flexibility index (Phi) is 13.4. The predicted molar refractivity (Wildman–Crippen MR) is 156 cm³/mol. The number of piperidine rings is 1. The Hall–Kier alpha value is -1.75. The molecule has 38 heavy (non-hydrogen) atoms. The lowest BCUT2D eigenvalue weighted by Gasteiger charge is -2.49. The van der Waals surface area contributed by atoms with Crippen molar-refractivity contribution in [3.05, 3.63) is 0 Å². The summed E-state index contributed by atoms with van der Waals surface area (Å²) in [4.78, 5) is 16.7. The number of nitrogens with one attached hydrogen (secondary N) is 3. The summed E-state index contributed by atoms with van der Waals surface area (Å²) in [6, 6.07) is 0.249. The molecule has 2 atom stereocenters. The molecule has 10 nitrogen and oxygen atoms in total. The Morgan fingerprint density at radius 2 is 1.39 bits per heavy atom. The molecule has 10 heteroatoms. The molecule has 0 amide bonds. The molecular weight excluding hydrogens is 482 g/mol. The van der Waals surface area contributed by atoms with Gasteiger partial charge in [0.05, 0.1) is 12.2 Å². The van der Waals surface area contributed by atoms with Crippen LogP contribution >= 0.6 is 0 Å². The van der Waals surface area contributed by atoms with Gasteiger partial charge in [-0.3, -0.25) is 0 Å². The first kappa shape index (κ1) is 32.5. The second-order valence-corrected chi connectivity index (χ2v) is 12.1. The number of ether oxygens (including phenoxy) is 1. The van der Waals surface area contributed by atoms with Gasteiger partial charge in [0, 0.05) is 50.5 Å². The molecular formula is C28H55N7O3. The minimum atomic E-state index is -0.337. The molecule has 1 aliphatic heterocycles. The molecule has 5 N–H and O–H groups in total. The predicted octanol–water partition coefficient (Wildman–Crippen LogP) is 3.95. The molecule has 2 rings (SSSR count). The highest BCUT2D eigenvalue weighted by Gasteiger charge is 2.40. The number of anilines is 3. The number of hydrogen-bond donors (Lipinski definition) is 5. The molecule has 220 valence electrons. The molecule has 1 aromatic heterocycles. The molecule has 0 bridgehead atoms. The van der Waals surface area contributed by atoms with Gasteiger partial charge in [-0.25, -0.2) is 0 Å². The Labute approximate surface area is 230 Å². The molecule has 0 saturated carbocycles. The van der Waals surface area contributed by atoms with E-state index in [2.05, 4.69) is 67.4 Å². The third-order valence-corrected chi connectivity index (χ3v) is 7.00. The molecule has 2 unspecified atom stereocenters. The molecule has 0 aromatic carbocycles. The van der Waals surface area contributed by atoms with Crippen LogP contribution in [0.4, 0.5) is 17.8 Å². The molecule has 1 saturated heterocycles. The Morgan fingerprint density at radius 1 is 0.895 bits per heavy atom. The normalized spacial score (nSPS) is 18.7. The first-order chi connectivity index (χ1) is 18.0. The monoisotopic (exact) mass is 537 g/mol. The van der Waals surface area contributed by atoms with E-state index < -0.39 is 0 Å². The van der Waals surface area contributed by atoms with Crippen molar-refractivity contribution in [2.75, 3.05) is 48.9 Å². The third kappa shape index (κ3) is 11.6. The van der Waals surface area contributed by atoms with Gasteiger partial charge in [-0.05, 0) is 72.6 Å². The number of aromatic nitrogens is 3. The summed E-state index contributed by atoms with van der Waals surface area (Å²) in [6.07, 6.45) is 6.86. The van der Waals surface area contributed by atoms with Gasteiger partial charge in [-0.1, -0.05) is 26.7 Å². The van der Waals surface area contributed by atoms with Gasteiger partial charge in [0.25, 0.3) is 0 Å². The standard InChI is InChI=1S/C28H55N7O3/c1-8-11-22(36)13-15-29-24-31-25(30-16-14-23(37)12-9-2)33-26(32-24)35(17-10-18-38-7)21-19-27(3,4)34-28(5,6)20-21/h21-23,34,36-37H,8-20H2,1-7H3,(H2,29,30,31,32,33). The van der Waals surface area contributed by atoms with E-state index in [1.807, 2.05) is 0 Å². The van der Waals surface area contributed by atoms with Crippen LogP contribution in [0.5, 0.6) is 0 Å². The third-order valence-electron chi connectivity index (χ3n) is 7.00. The van der Waals surface area contributed by atoms with Crippen molar-refractivity contribution in [3.63, 3.8) is 0 Å². The Morgan fingerprint density at radius 3 is 1.84 bits per heavy atom. The fourth-order valence-electron chi connectivity index (χ4n) is 5.62. The summed E-state index contributed by atoms with van der Waals surface area (Å²) in [5.41, 5.74) is -0.0438. The topological polar surface area (TPSA) is 128 Å². The van der Waals surface area contributed by atoms with Gasteiger partial charge >= 0.3 is 0 Å². The lowest BCUT2D eigenvalue weighted by atomic mass is 9.79. The van der Waals surface area contributed by atoms with Crippen LogP contribution in [0, 0.1) is 0 Å². The van der Waals surface area contributed by atoms with Crippen LogP contribution in [-0.2, 0) is 4.74 Å². The van der Waals surface area contributed by atoms with Crippen LogP contribution in [0.3, 0.4) is 0 Å². The van der Waals surface area contributed by atoms with E-state index >= 15 is 0 Å². The summed E-state index contributed by atoms with van der Waals surface area (Å²) in [6.45, 7) is 15.8. The van der Waals surface area contributed by atoms with Crippen molar-refractivity contribution < 1.29 is 14.9 Å². The van der Waals surface area contributed by atoms with Crippen molar-refractivity contribution in [3.8, 4) is 0 Å². The molecule has 1 fully saturated rings. The quantitative estimate of drug-likeness (QED) is 0.176. The highest BCUT2D eigenvalue weighted by Crippen LogP contribution is 2.33. The van der Waals surface area contributed by atoms with E-state index in [0.29, 0.717) is 50.4 Å². The maximum atomic E-state index is 10.2. The molecule has 1 aromatic rings. The van der Waals surface area contributed by atoms with E-state index in [-0.39, 0.29) is 29.3 Å². The van der Waals surface area contributed by atoms with Crippen LogP contribution in [0.2, 0.25) is 0 Å². The minimum absolute atomic E-state index is 0.0219. The van der Waals surface area contributed by atoms with Crippen LogP contribution in [0.25, 0.3) is 0 Å². The second kappa shape index (κ2) is 15.7. The summed E-state index contributed by atoms with van der Waals surface area (Å²) in [7, 11) is 1.73. The van der Waals surface area contributed by atoms with Crippen LogP contribution < -0.4 is 20.9 Å². The smallest absolute Gasteiger partial charge is 0.232 e. The average Bonchev–Trinajstić information content (AvgIpc) is 2.80. The number of methoxy groups -OCH3 is 1. The van der Waals surface area contributed by atoms with Gasteiger partial charge in [-0.2, -0.15) is 15.0 Å².